The van der Waals surface area contributed by atoms with E-state index in [9.17, 15) is 18.0 Å². The number of carbonyl (C=O) groups is 1. The SMILES string of the molecule is CCCCCCCCCCOc1ccc(OC(=O)c2ccc(-c3ccc(OCCCCCCCC)c(F)c3)cc2)c(F)c1F. The van der Waals surface area contributed by atoms with Gasteiger partial charge < -0.3 is 14.2 Å². The molecule has 7 heteroatoms. The van der Waals surface area contributed by atoms with Crippen LogP contribution in [0.2, 0.25) is 0 Å². The van der Waals surface area contributed by atoms with Gasteiger partial charge >= 0.3 is 5.97 Å². The van der Waals surface area contributed by atoms with E-state index in [1.54, 1.807) is 24.3 Å². The third kappa shape index (κ3) is 11.5. The predicted molar refractivity (Wildman–Crippen MR) is 170 cm³/mol. The van der Waals surface area contributed by atoms with Crippen LogP contribution in [0, 0.1) is 17.5 Å². The maximum atomic E-state index is 14.7. The Morgan fingerprint density at radius 3 is 1.57 bits per heavy atom. The van der Waals surface area contributed by atoms with Crippen molar-refractivity contribution in [2.24, 2.45) is 0 Å². The topological polar surface area (TPSA) is 44.8 Å². The van der Waals surface area contributed by atoms with Gasteiger partial charge in [-0.05, 0) is 60.4 Å². The van der Waals surface area contributed by atoms with Gasteiger partial charge in [0.2, 0.25) is 11.6 Å². The molecule has 3 aromatic rings. The van der Waals surface area contributed by atoms with Crippen molar-refractivity contribution < 1.29 is 32.2 Å². The molecule has 0 aromatic heterocycles. The molecule has 3 aromatic carbocycles. The van der Waals surface area contributed by atoms with Crippen LogP contribution < -0.4 is 14.2 Å². The van der Waals surface area contributed by atoms with E-state index >= 15 is 0 Å². The maximum Gasteiger partial charge on any atom is 0.343 e. The Morgan fingerprint density at radius 1 is 0.545 bits per heavy atom. The lowest BCUT2D eigenvalue weighted by Crippen LogP contribution is -2.10. The molecule has 0 saturated heterocycles. The maximum absolute atomic E-state index is 14.7. The van der Waals surface area contributed by atoms with E-state index < -0.39 is 29.2 Å². The molecule has 0 aliphatic heterocycles. The van der Waals surface area contributed by atoms with Crippen LogP contribution in [0.4, 0.5) is 13.2 Å². The highest BCUT2D eigenvalue weighted by Crippen LogP contribution is 2.30. The third-order valence-electron chi connectivity index (χ3n) is 7.61. The van der Waals surface area contributed by atoms with Gasteiger partial charge in [-0.3, -0.25) is 0 Å². The number of unbranched alkanes of at least 4 members (excludes halogenated alkanes) is 12. The number of ether oxygens (including phenoxy) is 3. The van der Waals surface area contributed by atoms with Gasteiger partial charge in [0.1, 0.15) is 0 Å². The highest BCUT2D eigenvalue weighted by Gasteiger charge is 2.19. The van der Waals surface area contributed by atoms with Crippen molar-refractivity contribution in [2.45, 2.75) is 104 Å². The van der Waals surface area contributed by atoms with Gasteiger partial charge in [-0.15, -0.1) is 0 Å². The molecule has 0 atom stereocenters. The third-order valence-corrected chi connectivity index (χ3v) is 7.61. The molecule has 0 fully saturated rings. The molecule has 0 spiro atoms. The van der Waals surface area contributed by atoms with Gasteiger partial charge in [-0.2, -0.15) is 8.78 Å². The summed E-state index contributed by atoms with van der Waals surface area (Å²) in [7, 11) is 0. The van der Waals surface area contributed by atoms with Crippen LogP contribution in [0.1, 0.15) is 114 Å². The van der Waals surface area contributed by atoms with Gasteiger partial charge in [-0.25, -0.2) is 9.18 Å². The number of rotatable bonds is 21. The monoisotopic (exact) mass is 612 g/mol. The molecule has 0 unspecified atom stereocenters. The quantitative estimate of drug-likeness (QED) is 0.0682. The highest BCUT2D eigenvalue weighted by molar-refractivity contribution is 5.91. The number of hydrogen-bond donors (Lipinski definition) is 0. The minimum atomic E-state index is -1.28. The number of benzene rings is 3. The predicted octanol–water partition coefficient (Wildman–Crippen LogP) is 11.2. The summed E-state index contributed by atoms with van der Waals surface area (Å²) < 4.78 is 60.1. The standard InChI is InChI=1S/C37H47F3O4/c1-3-5-7-9-11-12-14-16-26-43-33-23-24-34(36(40)35(33)39)44-37(41)29-19-17-28(18-20-29)30-21-22-32(31(38)27-30)42-25-15-13-10-8-6-4-2/h17-24,27H,3-16,25-26H2,1-2H3. The average molecular weight is 613 g/mol. The van der Waals surface area contributed by atoms with Crippen LogP contribution in [0.5, 0.6) is 17.2 Å². The van der Waals surface area contributed by atoms with Crippen molar-refractivity contribution in [3.05, 3.63) is 77.6 Å². The summed E-state index contributed by atoms with van der Waals surface area (Å²) in [6.45, 7) is 5.13. The van der Waals surface area contributed by atoms with E-state index in [-0.39, 0.29) is 23.7 Å². The number of hydrogen-bond acceptors (Lipinski definition) is 4. The molecule has 4 nitrogen and oxygen atoms in total. The van der Waals surface area contributed by atoms with E-state index in [1.807, 2.05) is 0 Å². The van der Waals surface area contributed by atoms with E-state index in [1.165, 1.54) is 81.7 Å². The molecular weight excluding hydrogens is 565 g/mol. The first-order valence-corrected chi connectivity index (χ1v) is 16.3. The Morgan fingerprint density at radius 2 is 1.00 bits per heavy atom. The smallest absolute Gasteiger partial charge is 0.343 e. The zero-order valence-electron chi connectivity index (χ0n) is 26.3. The van der Waals surface area contributed by atoms with E-state index in [2.05, 4.69) is 13.8 Å². The molecule has 0 amide bonds. The fourth-order valence-corrected chi connectivity index (χ4v) is 4.94. The number of esters is 1. The van der Waals surface area contributed by atoms with Crippen LogP contribution in [-0.2, 0) is 0 Å². The lowest BCUT2D eigenvalue weighted by Gasteiger charge is -2.11. The zero-order valence-corrected chi connectivity index (χ0v) is 26.3. The van der Waals surface area contributed by atoms with Crippen LogP contribution in [-0.4, -0.2) is 19.2 Å². The molecule has 0 bridgehead atoms. The molecule has 0 N–H and O–H groups in total. The van der Waals surface area contributed by atoms with E-state index in [0.29, 0.717) is 17.7 Å². The lowest BCUT2D eigenvalue weighted by atomic mass is 10.0. The van der Waals surface area contributed by atoms with Crippen molar-refractivity contribution in [2.75, 3.05) is 13.2 Å². The summed E-state index contributed by atoms with van der Waals surface area (Å²) in [5.41, 5.74) is 1.44. The Kier molecular flexibility index (Phi) is 15.7. The first-order chi connectivity index (χ1) is 21.4. The van der Waals surface area contributed by atoms with E-state index in [4.69, 9.17) is 14.2 Å². The molecule has 44 heavy (non-hydrogen) atoms. The number of carbonyl (C=O) groups excluding carboxylic acids is 1. The summed E-state index contributed by atoms with van der Waals surface area (Å²) in [6.07, 6.45) is 15.7. The van der Waals surface area contributed by atoms with Crippen LogP contribution in [0.25, 0.3) is 11.1 Å². The summed E-state index contributed by atoms with van der Waals surface area (Å²) in [5, 5.41) is 0. The Labute approximate surface area is 260 Å². The summed E-state index contributed by atoms with van der Waals surface area (Å²) in [4.78, 5) is 12.6. The summed E-state index contributed by atoms with van der Waals surface area (Å²) in [6, 6.07) is 13.5. The first kappa shape index (κ1) is 35.0. The average Bonchev–Trinajstić information content (AvgIpc) is 3.03. The Hall–Kier alpha value is -3.48. The fraction of sp³-hybridized carbons (Fsp3) is 0.486. The van der Waals surface area contributed by atoms with Crippen molar-refractivity contribution in [3.8, 4) is 28.4 Å². The molecule has 0 saturated carbocycles. The molecule has 3 rings (SSSR count). The van der Waals surface area contributed by atoms with Crippen LogP contribution >= 0.6 is 0 Å². The molecular formula is C37H47F3O4. The molecule has 0 aliphatic rings. The van der Waals surface area contributed by atoms with Gasteiger partial charge in [0.05, 0.1) is 18.8 Å². The van der Waals surface area contributed by atoms with Crippen LogP contribution in [0.3, 0.4) is 0 Å². The number of halogens is 3. The Bertz CT molecular complexity index is 1280. The van der Waals surface area contributed by atoms with Crippen molar-refractivity contribution in [3.63, 3.8) is 0 Å². The summed E-state index contributed by atoms with van der Waals surface area (Å²) >= 11 is 0. The van der Waals surface area contributed by atoms with Gasteiger partial charge in [0.25, 0.3) is 0 Å². The van der Waals surface area contributed by atoms with Crippen molar-refractivity contribution >= 4 is 5.97 Å². The van der Waals surface area contributed by atoms with Gasteiger partial charge in [-0.1, -0.05) is 109 Å². The second-order valence-electron chi connectivity index (χ2n) is 11.2. The largest absolute Gasteiger partial charge is 0.491 e. The minimum absolute atomic E-state index is 0.142. The van der Waals surface area contributed by atoms with Crippen molar-refractivity contribution in [1.29, 1.82) is 0 Å². The normalized spacial score (nSPS) is 11.0. The lowest BCUT2D eigenvalue weighted by molar-refractivity contribution is 0.0726. The summed E-state index contributed by atoms with van der Waals surface area (Å²) in [5.74, 6) is -4.28. The Balaban J connectivity index is 1.47. The van der Waals surface area contributed by atoms with E-state index in [0.717, 1.165) is 38.5 Å². The zero-order chi connectivity index (χ0) is 31.6. The molecule has 0 heterocycles. The van der Waals surface area contributed by atoms with Crippen LogP contribution in [0.15, 0.2) is 54.6 Å². The van der Waals surface area contributed by atoms with Gasteiger partial charge in [0.15, 0.2) is 23.1 Å². The molecule has 0 aliphatic carbocycles. The second-order valence-corrected chi connectivity index (χ2v) is 11.2. The van der Waals surface area contributed by atoms with Crippen molar-refractivity contribution in [1.82, 2.24) is 0 Å². The second kappa shape index (κ2) is 19.7. The molecule has 0 radical (unpaired) electrons. The fourth-order valence-electron chi connectivity index (χ4n) is 4.94. The van der Waals surface area contributed by atoms with Gasteiger partial charge in [0, 0.05) is 0 Å². The molecule has 240 valence electrons. The highest BCUT2D eigenvalue weighted by atomic mass is 19.2. The minimum Gasteiger partial charge on any atom is -0.491 e. The first-order valence-electron chi connectivity index (χ1n) is 16.3.